The van der Waals surface area contributed by atoms with Gasteiger partial charge < -0.3 is 9.32 Å². The SMILES string of the molecule is c1ccc(C2(c3ccccc3)c3ccccc3-c3ccc(N(c4ccc(-c5ccc6c(ccc7ccccc76)c5)cc4)c4ccc(-c5cccc6c5oc5ccccc56)cc4)cc32)cc1. The third-order valence-corrected chi connectivity index (χ3v) is 13.7. The fourth-order valence-electron chi connectivity index (χ4n) is 10.8. The Labute approximate surface area is 377 Å². The molecule has 2 heteroatoms. The average Bonchev–Trinajstić information content (AvgIpc) is 3.91. The number of fused-ring (bicyclic) bond motifs is 9. The lowest BCUT2D eigenvalue weighted by molar-refractivity contribution is 0.670. The van der Waals surface area contributed by atoms with Crippen molar-refractivity contribution in [1.82, 2.24) is 0 Å². The summed E-state index contributed by atoms with van der Waals surface area (Å²) in [5.41, 5.74) is 16.7. The van der Waals surface area contributed by atoms with E-state index in [1.165, 1.54) is 66.1 Å². The van der Waals surface area contributed by atoms with Gasteiger partial charge in [0.25, 0.3) is 0 Å². The summed E-state index contributed by atoms with van der Waals surface area (Å²) in [4.78, 5) is 2.41. The Morgan fingerprint density at radius 3 is 1.63 bits per heavy atom. The predicted octanol–water partition coefficient (Wildman–Crippen LogP) is 17.1. The van der Waals surface area contributed by atoms with Gasteiger partial charge in [-0.05, 0) is 120 Å². The van der Waals surface area contributed by atoms with E-state index in [0.29, 0.717) is 0 Å². The molecule has 0 amide bonds. The van der Waals surface area contributed by atoms with Gasteiger partial charge in [0.15, 0.2) is 0 Å². The normalized spacial score (nSPS) is 12.7. The summed E-state index contributed by atoms with van der Waals surface area (Å²) in [6.45, 7) is 0. The highest BCUT2D eigenvalue weighted by atomic mass is 16.3. The van der Waals surface area contributed by atoms with Crippen LogP contribution in [0, 0.1) is 0 Å². The fourth-order valence-corrected chi connectivity index (χ4v) is 10.8. The first-order valence-corrected chi connectivity index (χ1v) is 22.4. The van der Waals surface area contributed by atoms with Gasteiger partial charge in [-0.15, -0.1) is 0 Å². The van der Waals surface area contributed by atoms with E-state index in [1.54, 1.807) is 0 Å². The minimum absolute atomic E-state index is 0.517. The molecule has 304 valence electrons. The quantitative estimate of drug-likeness (QED) is 0.149. The molecular formula is C63H41NO. The Morgan fingerprint density at radius 2 is 0.862 bits per heavy atom. The largest absolute Gasteiger partial charge is 0.455 e. The van der Waals surface area contributed by atoms with Gasteiger partial charge in [0, 0.05) is 33.4 Å². The number of benzene rings is 11. The highest BCUT2D eigenvalue weighted by molar-refractivity contribution is 6.10. The second-order valence-electron chi connectivity index (χ2n) is 17.2. The van der Waals surface area contributed by atoms with Crippen LogP contribution in [0.2, 0.25) is 0 Å². The molecule has 0 bridgehead atoms. The van der Waals surface area contributed by atoms with E-state index in [9.17, 15) is 0 Å². The number of nitrogens with zero attached hydrogens (tertiary/aromatic N) is 1. The zero-order valence-corrected chi connectivity index (χ0v) is 35.5. The van der Waals surface area contributed by atoms with Crippen molar-refractivity contribution in [3.63, 3.8) is 0 Å². The number of rotatable bonds is 7. The molecule has 0 N–H and O–H groups in total. The van der Waals surface area contributed by atoms with Gasteiger partial charge in [-0.2, -0.15) is 0 Å². The number of hydrogen-bond acceptors (Lipinski definition) is 2. The predicted molar refractivity (Wildman–Crippen MR) is 272 cm³/mol. The molecule has 0 spiro atoms. The molecule has 0 atom stereocenters. The minimum atomic E-state index is -0.517. The third-order valence-electron chi connectivity index (χ3n) is 13.7. The molecule has 0 fully saturated rings. The zero-order valence-electron chi connectivity index (χ0n) is 35.5. The monoisotopic (exact) mass is 827 g/mol. The lowest BCUT2D eigenvalue weighted by atomic mass is 9.67. The van der Waals surface area contributed by atoms with Crippen molar-refractivity contribution < 1.29 is 4.42 Å². The first-order valence-electron chi connectivity index (χ1n) is 22.4. The molecule has 0 unspecified atom stereocenters. The molecular weight excluding hydrogens is 787 g/mol. The fraction of sp³-hybridized carbons (Fsp3) is 0.0159. The van der Waals surface area contributed by atoms with Gasteiger partial charge in [0.1, 0.15) is 11.2 Å². The molecule has 0 radical (unpaired) electrons. The van der Waals surface area contributed by atoms with Crippen LogP contribution in [0.5, 0.6) is 0 Å². The molecule has 1 aliphatic carbocycles. The van der Waals surface area contributed by atoms with E-state index in [1.807, 2.05) is 12.1 Å². The highest BCUT2D eigenvalue weighted by Gasteiger charge is 2.46. The van der Waals surface area contributed by atoms with Crippen LogP contribution in [-0.2, 0) is 5.41 Å². The van der Waals surface area contributed by atoms with Crippen LogP contribution >= 0.6 is 0 Å². The standard InChI is InChI=1S/C63H41NO/c1-3-15-47(16-4-1)63(48-17-5-2-6-18-48)59-24-11-9-20-55(59)56-39-37-51(41-60(56)63)64(50-35-30-44(31-36-50)54-22-13-23-58-57-21-10-12-25-61(57)65-62(54)58)49-33-28-42(29-34-49)45-32-38-53-46(40-45)27-26-43-14-7-8-19-52(43)53/h1-41H. The molecule has 65 heavy (non-hydrogen) atoms. The molecule has 13 rings (SSSR count). The van der Waals surface area contributed by atoms with Gasteiger partial charge in [0.2, 0.25) is 0 Å². The van der Waals surface area contributed by atoms with Gasteiger partial charge in [0.05, 0.1) is 5.41 Å². The van der Waals surface area contributed by atoms with Crippen molar-refractivity contribution in [3.05, 3.63) is 271 Å². The summed E-state index contributed by atoms with van der Waals surface area (Å²) in [6, 6.07) is 90.9. The lowest BCUT2D eigenvalue weighted by Gasteiger charge is -2.35. The van der Waals surface area contributed by atoms with Crippen molar-refractivity contribution in [3.8, 4) is 33.4 Å². The van der Waals surface area contributed by atoms with E-state index >= 15 is 0 Å². The maximum Gasteiger partial charge on any atom is 0.143 e. The molecule has 0 saturated heterocycles. The van der Waals surface area contributed by atoms with Crippen LogP contribution in [0.4, 0.5) is 17.1 Å². The number of furan rings is 1. The maximum absolute atomic E-state index is 6.50. The molecule has 1 aliphatic rings. The highest BCUT2D eigenvalue weighted by Crippen LogP contribution is 2.57. The number of hydrogen-bond donors (Lipinski definition) is 0. The summed E-state index contributed by atoms with van der Waals surface area (Å²) >= 11 is 0. The maximum atomic E-state index is 6.50. The molecule has 11 aromatic carbocycles. The summed E-state index contributed by atoms with van der Waals surface area (Å²) in [5.74, 6) is 0. The summed E-state index contributed by atoms with van der Waals surface area (Å²) in [5, 5.41) is 7.32. The summed E-state index contributed by atoms with van der Waals surface area (Å²) < 4.78 is 6.50. The molecule has 1 aromatic heterocycles. The van der Waals surface area contributed by atoms with Crippen LogP contribution in [0.15, 0.2) is 253 Å². The molecule has 0 aliphatic heterocycles. The molecule has 12 aromatic rings. The zero-order chi connectivity index (χ0) is 42.9. The second-order valence-corrected chi connectivity index (χ2v) is 17.2. The van der Waals surface area contributed by atoms with Crippen LogP contribution in [0.3, 0.4) is 0 Å². The lowest BCUT2D eigenvalue weighted by Crippen LogP contribution is -2.28. The van der Waals surface area contributed by atoms with Crippen LogP contribution in [-0.4, -0.2) is 0 Å². The first-order chi connectivity index (χ1) is 32.2. The topological polar surface area (TPSA) is 16.4 Å². The van der Waals surface area contributed by atoms with Gasteiger partial charge in [-0.1, -0.05) is 200 Å². The van der Waals surface area contributed by atoms with Gasteiger partial charge in [-0.25, -0.2) is 0 Å². The molecule has 2 nitrogen and oxygen atoms in total. The number of para-hydroxylation sites is 2. The average molecular weight is 828 g/mol. The Hall–Kier alpha value is -8.46. The molecule has 1 heterocycles. The van der Waals surface area contributed by atoms with Crippen LogP contribution in [0.1, 0.15) is 22.3 Å². The Balaban J connectivity index is 0.975. The first kappa shape index (κ1) is 37.1. The third kappa shape index (κ3) is 5.81. The van der Waals surface area contributed by atoms with E-state index in [0.717, 1.165) is 50.1 Å². The summed E-state index contributed by atoms with van der Waals surface area (Å²) in [6.07, 6.45) is 0. The Morgan fingerprint density at radius 1 is 0.308 bits per heavy atom. The minimum Gasteiger partial charge on any atom is -0.455 e. The smallest absolute Gasteiger partial charge is 0.143 e. The van der Waals surface area contributed by atoms with Crippen molar-refractivity contribution in [2.24, 2.45) is 0 Å². The van der Waals surface area contributed by atoms with Gasteiger partial charge in [-0.3, -0.25) is 0 Å². The summed E-state index contributed by atoms with van der Waals surface area (Å²) in [7, 11) is 0. The van der Waals surface area contributed by atoms with E-state index in [2.05, 4.69) is 241 Å². The van der Waals surface area contributed by atoms with Crippen LogP contribution in [0.25, 0.3) is 76.9 Å². The van der Waals surface area contributed by atoms with E-state index in [-0.39, 0.29) is 0 Å². The van der Waals surface area contributed by atoms with Crippen molar-refractivity contribution >= 4 is 60.5 Å². The van der Waals surface area contributed by atoms with Crippen molar-refractivity contribution in [2.45, 2.75) is 5.41 Å². The van der Waals surface area contributed by atoms with Gasteiger partial charge >= 0.3 is 0 Å². The van der Waals surface area contributed by atoms with Crippen molar-refractivity contribution in [1.29, 1.82) is 0 Å². The molecule has 0 saturated carbocycles. The Bertz CT molecular complexity index is 3710. The Kier molecular flexibility index (Phi) is 8.47. The van der Waals surface area contributed by atoms with E-state index in [4.69, 9.17) is 4.42 Å². The second kappa shape index (κ2) is 14.8. The van der Waals surface area contributed by atoms with Crippen molar-refractivity contribution in [2.75, 3.05) is 4.90 Å². The van der Waals surface area contributed by atoms with E-state index < -0.39 is 5.41 Å². The van der Waals surface area contributed by atoms with Crippen LogP contribution < -0.4 is 4.90 Å². The number of anilines is 3.